The molecule has 1 fully saturated rings. The highest BCUT2D eigenvalue weighted by atomic mass is 16.3. The molecule has 0 atom stereocenters. The summed E-state index contributed by atoms with van der Waals surface area (Å²) in [4.78, 5) is 20.8. The molecular weight excluding hydrogens is 592 g/mol. The minimum absolute atomic E-state index is 0.220. The maximum absolute atomic E-state index is 6.51. The van der Waals surface area contributed by atoms with E-state index in [2.05, 4.69) is 149 Å². The largest absolute Gasteiger partial charge is 0.437 e. The molecule has 0 amide bonds. The van der Waals surface area contributed by atoms with Gasteiger partial charge in [0.1, 0.15) is 5.58 Å². The van der Waals surface area contributed by atoms with Crippen LogP contribution in [0.5, 0.6) is 0 Å². The van der Waals surface area contributed by atoms with Crippen molar-refractivity contribution >= 4 is 55.8 Å². The summed E-state index contributed by atoms with van der Waals surface area (Å²) >= 11 is 0. The molecule has 2 aliphatic heterocycles. The van der Waals surface area contributed by atoms with E-state index in [0.717, 1.165) is 44.8 Å². The third-order valence-electron chi connectivity index (χ3n) is 11.8. The van der Waals surface area contributed by atoms with Gasteiger partial charge in [0, 0.05) is 27.4 Å². The third-order valence-corrected chi connectivity index (χ3v) is 11.8. The Morgan fingerprint density at radius 2 is 1.27 bits per heavy atom. The van der Waals surface area contributed by atoms with E-state index in [0.29, 0.717) is 11.7 Å². The van der Waals surface area contributed by atoms with Gasteiger partial charge in [-0.05, 0) is 91.8 Å². The minimum atomic E-state index is -0.385. The molecule has 0 spiro atoms. The lowest BCUT2D eigenvalue weighted by atomic mass is 9.76. The average Bonchev–Trinajstić information content (AvgIpc) is 3.69. The number of hydrogen-bond acceptors (Lipinski definition) is 6. The van der Waals surface area contributed by atoms with Gasteiger partial charge in [-0.1, -0.05) is 60.7 Å². The van der Waals surface area contributed by atoms with Gasteiger partial charge in [-0.3, -0.25) is 4.90 Å². The standard InChI is InChI=1S/C41H40N6O/c1-38(2)39(3,4)47-37(44-38)46(40(5,6)41(47,7)8)36-42-34(33-28-19-13-15-21-32(28)48-35(33)43-36)25-22-23-31-29(24-25)27-18-12-14-20-30(27)45(31)26-16-10-9-11-17-26/h9-24H,1-8H3. The molecule has 0 N–H and O–H groups in total. The molecule has 5 heterocycles. The summed E-state index contributed by atoms with van der Waals surface area (Å²) in [6, 6.07) is 34.1. The zero-order valence-corrected chi connectivity index (χ0v) is 28.8. The van der Waals surface area contributed by atoms with Crippen LogP contribution in [0, 0.1) is 0 Å². The molecule has 0 saturated carbocycles. The first-order valence-electron chi connectivity index (χ1n) is 16.8. The molecule has 2 aliphatic rings. The van der Waals surface area contributed by atoms with Crippen molar-refractivity contribution in [1.29, 1.82) is 0 Å². The summed E-state index contributed by atoms with van der Waals surface area (Å²) in [5.41, 5.74) is 5.51. The summed E-state index contributed by atoms with van der Waals surface area (Å²) in [7, 11) is 0. The van der Waals surface area contributed by atoms with E-state index >= 15 is 0 Å². The van der Waals surface area contributed by atoms with Gasteiger partial charge in [-0.2, -0.15) is 4.98 Å². The van der Waals surface area contributed by atoms with Crippen molar-refractivity contribution < 1.29 is 4.42 Å². The molecular formula is C41H40N6O. The lowest BCUT2D eigenvalue weighted by Crippen LogP contribution is -2.63. The van der Waals surface area contributed by atoms with Crippen molar-refractivity contribution in [3.8, 4) is 16.9 Å². The van der Waals surface area contributed by atoms with Crippen molar-refractivity contribution in [2.24, 2.45) is 4.99 Å². The molecule has 0 aliphatic carbocycles. The van der Waals surface area contributed by atoms with Gasteiger partial charge in [-0.25, -0.2) is 9.98 Å². The van der Waals surface area contributed by atoms with Gasteiger partial charge in [0.25, 0.3) is 0 Å². The number of fused-ring (bicyclic) bond motifs is 7. The van der Waals surface area contributed by atoms with Gasteiger partial charge < -0.3 is 13.9 Å². The normalized spacial score (nSPS) is 19.1. The van der Waals surface area contributed by atoms with E-state index < -0.39 is 0 Å². The van der Waals surface area contributed by atoms with Crippen LogP contribution in [-0.2, 0) is 0 Å². The topological polar surface area (TPSA) is 62.7 Å². The average molecular weight is 633 g/mol. The maximum Gasteiger partial charge on any atom is 0.236 e. The van der Waals surface area contributed by atoms with Crippen LogP contribution in [0.4, 0.5) is 5.95 Å². The van der Waals surface area contributed by atoms with E-state index in [1.165, 1.54) is 16.3 Å². The highest BCUT2D eigenvalue weighted by molar-refractivity contribution is 6.14. The van der Waals surface area contributed by atoms with Gasteiger partial charge in [-0.15, -0.1) is 0 Å². The molecule has 48 heavy (non-hydrogen) atoms. The summed E-state index contributed by atoms with van der Waals surface area (Å²) in [6.45, 7) is 18.2. The van der Waals surface area contributed by atoms with Crippen LogP contribution < -0.4 is 4.90 Å². The van der Waals surface area contributed by atoms with Gasteiger partial charge in [0.05, 0.1) is 44.3 Å². The molecule has 0 unspecified atom stereocenters. The number of benzene rings is 4. The second kappa shape index (κ2) is 9.25. The van der Waals surface area contributed by atoms with Crippen molar-refractivity contribution in [1.82, 2.24) is 19.4 Å². The monoisotopic (exact) mass is 632 g/mol. The molecule has 4 aromatic carbocycles. The zero-order valence-electron chi connectivity index (χ0n) is 28.8. The molecule has 0 bridgehead atoms. The number of para-hydroxylation sites is 3. The Morgan fingerprint density at radius 3 is 2.04 bits per heavy atom. The van der Waals surface area contributed by atoms with Crippen LogP contribution in [0.2, 0.25) is 0 Å². The Bertz CT molecular complexity index is 2480. The highest BCUT2D eigenvalue weighted by Crippen LogP contribution is 2.53. The van der Waals surface area contributed by atoms with Crippen LogP contribution in [0.1, 0.15) is 55.4 Å². The number of hydrogen-bond donors (Lipinski definition) is 0. The first-order chi connectivity index (χ1) is 22.8. The summed E-state index contributed by atoms with van der Waals surface area (Å²) in [5.74, 6) is 1.50. The predicted octanol–water partition coefficient (Wildman–Crippen LogP) is 9.75. The molecule has 7 aromatic rings. The quantitative estimate of drug-likeness (QED) is 0.194. The van der Waals surface area contributed by atoms with Crippen LogP contribution in [0.15, 0.2) is 106 Å². The number of aromatic nitrogens is 3. The molecule has 1 saturated heterocycles. The fraction of sp³-hybridized carbons (Fsp3) is 0.293. The Morgan fingerprint density at radius 1 is 0.604 bits per heavy atom. The second-order valence-electron chi connectivity index (χ2n) is 15.4. The van der Waals surface area contributed by atoms with E-state index in [-0.39, 0.29) is 22.2 Å². The Labute approximate surface area is 280 Å². The predicted molar refractivity (Wildman–Crippen MR) is 197 cm³/mol. The molecule has 7 nitrogen and oxygen atoms in total. The summed E-state index contributed by atoms with van der Waals surface area (Å²) < 4.78 is 8.85. The Kier molecular flexibility index (Phi) is 5.59. The molecule has 7 heteroatoms. The molecule has 240 valence electrons. The summed E-state index contributed by atoms with van der Waals surface area (Å²) in [6.07, 6.45) is 0. The Balaban J connectivity index is 1.33. The fourth-order valence-corrected chi connectivity index (χ4v) is 8.09. The van der Waals surface area contributed by atoms with E-state index in [1.54, 1.807) is 0 Å². The summed E-state index contributed by atoms with van der Waals surface area (Å²) in [5, 5.41) is 4.29. The SMILES string of the molecule is CC1(C)N=C2N(c3nc(-c4ccc5c(c4)c4ccccc4n5-c4ccccc4)c4c(n3)oc3ccccc34)C(C)(C)C(C)(C)N2C1(C)C. The highest BCUT2D eigenvalue weighted by Gasteiger charge is 2.66. The van der Waals surface area contributed by atoms with E-state index in [9.17, 15) is 0 Å². The van der Waals surface area contributed by atoms with E-state index in [4.69, 9.17) is 19.4 Å². The van der Waals surface area contributed by atoms with Crippen molar-refractivity contribution in [3.63, 3.8) is 0 Å². The lowest BCUT2D eigenvalue weighted by Gasteiger charge is -2.50. The number of aliphatic imine (C=N–C) groups is 1. The number of nitrogens with zero attached hydrogens (tertiary/aromatic N) is 6. The first-order valence-corrected chi connectivity index (χ1v) is 16.8. The lowest BCUT2D eigenvalue weighted by molar-refractivity contribution is 0.0528. The van der Waals surface area contributed by atoms with Crippen molar-refractivity contribution in [2.75, 3.05) is 4.90 Å². The number of guanidine groups is 1. The molecule has 9 rings (SSSR count). The minimum Gasteiger partial charge on any atom is -0.437 e. The van der Waals surface area contributed by atoms with E-state index in [1.807, 2.05) is 18.2 Å². The van der Waals surface area contributed by atoms with Crippen LogP contribution in [0.25, 0.3) is 60.8 Å². The zero-order chi connectivity index (χ0) is 33.4. The fourth-order valence-electron chi connectivity index (χ4n) is 8.09. The van der Waals surface area contributed by atoms with Crippen LogP contribution in [0.3, 0.4) is 0 Å². The van der Waals surface area contributed by atoms with Gasteiger partial charge >= 0.3 is 0 Å². The van der Waals surface area contributed by atoms with Gasteiger partial charge in [0.2, 0.25) is 17.6 Å². The number of anilines is 1. The number of furan rings is 1. The molecule has 3 aromatic heterocycles. The smallest absolute Gasteiger partial charge is 0.236 e. The Hall–Kier alpha value is -5.17. The first kappa shape index (κ1) is 29.0. The van der Waals surface area contributed by atoms with Crippen molar-refractivity contribution in [2.45, 2.75) is 77.5 Å². The van der Waals surface area contributed by atoms with Gasteiger partial charge in [0.15, 0.2) is 0 Å². The molecule has 0 radical (unpaired) electrons. The van der Waals surface area contributed by atoms with Crippen LogP contribution in [-0.4, -0.2) is 47.6 Å². The second-order valence-corrected chi connectivity index (χ2v) is 15.4. The van der Waals surface area contributed by atoms with Crippen molar-refractivity contribution in [3.05, 3.63) is 97.1 Å². The maximum atomic E-state index is 6.51. The third kappa shape index (κ3) is 3.56. The number of rotatable bonds is 3. The van der Waals surface area contributed by atoms with Crippen LogP contribution >= 0.6 is 0 Å².